The molecule has 0 aliphatic carbocycles. The van der Waals surface area contributed by atoms with Gasteiger partial charge in [0.1, 0.15) is 11.6 Å². The quantitative estimate of drug-likeness (QED) is 0.482. The number of carbonyl (C=O) groups is 1. The summed E-state index contributed by atoms with van der Waals surface area (Å²) in [6, 6.07) is 16.1. The molecule has 0 radical (unpaired) electrons. The van der Waals surface area contributed by atoms with Crippen molar-refractivity contribution in [3.63, 3.8) is 0 Å². The number of amides is 1. The summed E-state index contributed by atoms with van der Waals surface area (Å²) in [6.45, 7) is 1.98. The number of fused-ring (bicyclic) bond motifs is 1. The van der Waals surface area contributed by atoms with Gasteiger partial charge in [-0.15, -0.1) is 0 Å². The van der Waals surface area contributed by atoms with Crippen molar-refractivity contribution in [2.45, 2.75) is 6.92 Å². The Kier molecular flexibility index (Phi) is 4.86. The third-order valence-corrected chi connectivity index (χ3v) is 4.81. The highest BCUT2D eigenvalue weighted by atomic mass is 35.5. The smallest absolute Gasteiger partial charge is 0.248 e. The summed E-state index contributed by atoms with van der Waals surface area (Å²) in [4.78, 5) is 19.1. The van der Waals surface area contributed by atoms with Crippen LogP contribution in [0, 0.1) is 6.92 Å². The van der Waals surface area contributed by atoms with E-state index in [1.165, 1.54) is 0 Å². The van der Waals surface area contributed by atoms with Crippen LogP contribution < -0.4 is 15.2 Å². The largest absolute Gasteiger partial charge is 0.493 e. The van der Waals surface area contributed by atoms with E-state index in [0.29, 0.717) is 33.7 Å². The average Bonchev–Trinajstić information content (AvgIpc) is 3.13. The van der Waals surface area contributed by atoms with Gasteiger partial charge in [-0.05, 0) is 61.0 Å². The van der Waals surface area contributed by atoms with Crippen LogP contribution in [0.1, 0.15) is 15.9 Å². The Balaban J connectivity index is 1.65. The number of hydrogen-bond donors (Lipinski definition) is 2. The first-order valence-corrected chi connectivity index (χ1v) is 9.24. The van der Waals surface area contributed by atoms with Crippen LogP contribution in [0.25, 0.3) is 22.4 Å². The number of benzene rings is 3. The lowest BCUT2D eigenvalue weighted by atomic mass is 10.2. The molecule has 0 spiro atoms. The van der Waals surface area contributed by atoms with Crippen LogP contribution in [0.4, 0.5) is 0 Å². The van der Waals surface area contributed by atoms with Gasteiger partial charge in [0, 0.05) is 11.1 Å². The molecule has 4 rings (SSSR count). The Hall–Kier alpha value is -3.51. The number of nitrogens with one attached hydrogen (secondary N) is 1. The Labute approximate surface area is 172 Å². The predicted molar refractivity (Wildman–Crippen MR) is 113 cm³/mol. The summed E-state index contributed by atoms with van der Waals surface area (Å²) in [5.41, 5.74) is 9.06. The topological polar surface area (TPSA) is 90.2 Å². The standard InChI is InChI=1S/C22H18ClN3O3/c1-12-3-7-19(20(9-12)28-2)29-18-8-5-14(10-15(18)23)22-25-16-6-4-13(21(24)27)11-17(16)26-22/h3-11H,1-2H3,(H2,24,27)(H,25,26). The maximum Gasteiger partial charge on any atom is 0.248 e. The van der Waals surface area contributed by atoms with Crippen LogP contribution in [0.15, 0.2) is 54.6 Å². The van der Waals surface area contributed by atoms with Crippen molar-refractivity contribution in [3.8, 4) is 28.6 Å². The first-order valence-electron chi connectivity index (χ1n) is 8.86. The van der Waals surface area contributed by atoms with Crippen LogP contribution in [-0.2, 0) is 0 Å². The highest BCUT2D eigenvalue weighted by Gasteiger charge is 2.12. The number of nitrogens with two attached hydrogens (primary N) is 1. The number of rotatable bonds is 5. The van der Waals surface area contributed by atoms with E-state index >= 15 is 0 Å². The van der Waals surface area contributed by atoms with Crippen LogP contribution in [0.2, 0.25) is 5.02 Å². The van der Waals surface area contributed by atoms with E-state index in [9.17, 15) is 4.79 Å². The van der Waals surface area contributed by atoms with E-state index < -0.39 is 5.91 Å². The highest BCUT2D eigenvalue weighted by molar-refractivity contribution is 6.32. The fourth-order valence-electron chi connectivity index (χ4n) is 3.01. The number of aromatic amines is 1. The third kappa shape index (κ3) is 3.75. The van der Waals surface area contributed by atoms with Crippen molar-refractivity contribution >= 4 is 28.5 Å². The van der Waals surface area contributed by atoms with Crippen molar-refractivity contribution in [2.75, 3.05) is 7.11 Å². The summed E-state index contributed by atoms with van der Waals surface area (Å²) in [5, 5.41) is 0.434. The second kappa shape index (κ2) is 7.48. The molecule has 0 aliphatic heterocycles. The first-order chi connectivity index (χ1) is 13.9. The second-order valence-corrected chi connectivity index (χ2v) is 6.99. The fourth-order valence-corrected chi connectivity index (χ4v) is 3.23. The predicted octanol–water partition coefficient (Wildman–Crippen LogP) is 5.09. The monoisotopic (exact) mass is 407 g/mol. The van der Waals surface area contributed by atoms with E-state index in [4.69, 9.17) is 26.8 Å². The Morgan fingerprint density at radius 2 is 1.83 bits per heavy atom. The molecule has 3 N–H and O–H groups in total. The molecule has 1 amide bonds. The van der Waals surface area contributed by atoms with Crippen LogP contribution in [0.3, 0.4) is 0 Å². The van der Waals surface area contributed by atoms with Gasteiger partial charge >= 0.3 is 0 Å². The number of H-pyrrole nitrogens is 1. The molecule has 3 aromatic carbocycles. The van der Waals surface area contributed by atoms with Crippen LogP contribution in [-0.4, -0.2) is 23.0 Å². The zero-order chi connectivity index (χ0) is 20.5. The molecule has 1 heterocycles. The fraction of sp³-hybridized carbons (Fsp3) is 0.0909. The van der Waals surface area contributed by atoms with Crippen molar-refractivity contribution in [1.29, 1.82) is 0 Å². The number of imidazole rings is 1. The van der Waals surface area contributed by atoms with Crippen molar-refractivity contribution < 1.29 is 14.3 Å². The third-order valence-electron chi connectivity index (χ3n) is 4.51. The SMILES string of the molecule is COc1cc(C)ccc1Oc1ccc(-c2nc3ccc(C(N)=O)cc3[nH]2)cc1Cl. The highest BCUT2D eigenvalue weighted by Crippen LogP contribution is 2.37. The molecule has 1 aromatic heterocycles. The van der Waals surface area contributed by atoms with Crippen molar-refractivity contribution in [3.05, 3.63) is 70.7 Å². The summed E-state index contributed by atoms with van der Waals surface area (Å²) in [5.74, 6) is 1.86. The molecule has 146 valence electrons. The van der Waals surface area contributed by atoms with E-state index in [1.807, 2.05) is 31.2 Å². The molecule has 6 nitrogen and oxygen atoms in total. The lowest BCUT2D eigenvalue weighted by Crippen LogP contribution is -2.10. The average molecular weight is 408 g/mol. The van der Waals surface area contributed by atoms with E-state index in [1.54, 1.807) is 37.4 Å². The van der Waals surface area contributed by atoms with Crippen LogP contribution >= 0.6 is 11.6 Å². The number of methoxy groups -OCH3 is 1. The van der Waals surface area contributed by atoms with Gasteiger partial charge in [-0.3, -0.25) is 4.79 Å². The number of halogens is 1. The minimum Gasteiger partial charge on any atom is -0.493 e. The maximum atomic E-state index is 11.4. The molecule has 0 atom stereocenters. The zero-order valence-electron chi connectivity index (χ0n) is 15.8. The molecule has 7 heteroatoms. The zero-order valence-corrected chi connectivity index (χ0v) is 16.6. The second-order valence-electron chi connectivity index (χ2n) is 6.58. The molecule has 0 bridgehead atoms. The molecule has 29 heavy (non-hydrogen) atoms. The molecule has 0 unspecified atom stereocenters. The first kappa shape index (κ1) is 18.8. The number of ether oxygens (including phenoxy) is 2. The van der Waals surface area contributed by atoms with Gasteiger partial charge in [0.15, 0.2) is 11.5 Å². The van der Waals surface area contributed by atoms with Gasteiger partial charge in [0.2, 0.25) is 5.91 Å². The van der Waals surface area contributed by atoms with Crippen LogP contribution in [0.5, 0.6) is 17.2 Å². The molecule has 0 saturated heterocycles. The van der Waals surface area contributed by atoms with Gasteiger partial charge in [-0.25, -0.2) is 4.98 Å². The molecule has 0 fully saturated rings. The number of hydrogen-bond acceptors (Lipinski definition) is 4. The number of aromatic nitrogens is 2. The summed E-state index contributed by atoms with van der Waals surface area (Å²) >= 11 is 6.45. The summed E-state index contributed by atoms with van der Waals surface area (Å²) in [6.07, 6.45) is 0. The Bertz CT molecular complexity index is 1230. The molecule has 0 saturated carbocycles. The molecule has 0 aliphatic rings. The molecule has 4 aromatic rings. The summed E-state index contributed by atoms with van der Waals surface area (Å²) in [7, 11) is 1.59. The van der Waals surface area contributed by atoms with Gasteiger partial charge in [-0.2, -0.15) is 0 Å². The number of nitrogens with zero attached hydrogens (tertiary/aromatic N) is 1. The molecular weight excluding hydrogens is 390 g/mol. The Morgan fingerprint density at radius 3 is 2.55 bits per heavy atom. The van der Waals surface area contributed by atoms with E-state index in [0.717, 1.165) is 22.2 Å². The summed E-state index contributed by atoms with van der Waals surface area (Å²) < 4.78 is 11.3. The van der Waals surface area contributed by atoms with Gasteiger partial charge in [-0.1, -0.05) is 17.7 Å². The number of primary amides is 1. The minimum atomic E-state index is -0.487. The van der Waals surface area contributed by atoms with Crippen molar-refractivity contribution in [1.82, 2.24) is 9.97 Å². The lowest BCUT2D eigenvalue weighted by molar-refractivity contribution is 0.100. The Morgan fingerprint density at radius 1 is 1.03 bits per heavy atom. The maximum absolute atomic E-state index is 11.4. The lowest BCUT2D eigenvalue weighted by Gasteiger charge is -2.12. The van der Waals surface area contributed by atoms with Gasteiger partial charge in [0.05, 0.1) is 23.2 Å². The number of carbonyl (C=O) groups excluding carboxylic acids is 1. The van der Waals surface area contributed by atoms with E-state index in [2.05, 4.69) is 9.97 Å². The minimum absolute atomic E-state index is 0.418. The normalized spacial score (nSPS) is 10.9. The number of aryl methyl sites for hydroxylation is 1. The van der Waals surface area contributed by atoms with Crippen molar-refractivity contribution in [2.24, 2.45) is 5.73 Å². The van der Waals surface area contributed by atoms with Gasteiger partial charge in [0.25, 0.3) is 0 Å². The van der Waals surface area contributed by atoms with E-state index in [-0.39, 0.29) is 0 Å². The molecular formula is C22H18ClN3O3. The van der Waals surface area contributed by atoms with Gasteiger partial charge < -0.3 is 20.2 Å².